The Hall–Kier alpha value is -1.00. The summed E-state index contributed by atoms with van der Waals surface area (Å²) in [5.41, 5.74) is -0.551. The van der Waals surface area contributed by atoms with Crippen molar-refractivity contribution in [1.29, 1.82) is 0 Å². The highest BCUT2D eigenvalue weighted by molar-refractivity contribution is 5.21. The molecule has 1 aromatic carbocycles. The zero-order valence-corrected chi connectivity index (χ0v) is 10.8. The van der Waals surface area contributed by atoms with E-state index in [1.54, 1.807) is 0 Å². The number of halogens is 2. The van der Waals surface area contributed by atoms with Crippen LogP contribution >= 0.6 is 0 Å². The Morgan fingerprint density at radius 3 is 2.61 bits per heavy atom. The second kappa shape index (κ2) is 4.59. The molecular weight excluding hydrogens is 236 g/mol. The maximum absolute atomic E-state index is 13.2. The first kappa shape index (κ1) is 13.4. The second-order valence-corrected chi connectivity index (χ2v) is 5.77. The van der Waals surface area contributed by atoms with E-state index < -0.39 is 17.2 Å². The molecule has 1 aromatic rings. The highest BCUT2D eigenvalue weighted by Crippen LogP contribution is 2.38. The quantitative estimate of drug-likeness (QED) is 0.849. The lowest BCUT2D eigenvalue weighted by molar-refractivity contribution is -0.0870. The molecule has 100 valence electrons. The number of hydrogen-bond acceptors (Lipinski definition) is 2. The third kappa shape index (κ3) is 2.40. The zero-order chi connectivity index (χ0) is 13.4. The predicted octanol–water partition coefficient (Wildman–Crippen LogP) is 2.26. The Morgan fingerprint density at radius 2 is 2.00 bits per heavy atom. The minimum absolute atomic E-state index is 0.296. The molecule has 2 N–H and O–H groups in total. The molecule has 0 amide bonds. The molecule has 18 heavy (non-hydrogen) atoms. The van der Waals surface area contributed by atoms with Gasteiger partial charge in [0.2, 0.25) is 0 Å². The number of nitrogens with one attached hydrogen (secondary N) is 1. The third-order valence-corrected chi connectivity index (χ3v) is 4.02. The average Bonchev–Trinajstić information content (AvgIpc) is 2.28. The van der Waals surface area contributed by atoms with Crippen LogP contribution in [0.25, 0.3) is 0 Å². The van der Waals surface area contributed by atoms with Crippen molar-refractivity contribution < 1.29 is 13.9 Å². The average molecular weight is 255 g/mol. The van der Waals surface area contributed by atoms with E-state index in [9.17, 15) is 13.9 Å². The summed E-state index contributed by atoms with van der Waals surface area (Å²) < 4.78 is 26.1. The second-order valence-electron chi connectivity index (χ2n) is 5.77. The Morgan fingerprint density at radius 1 is 1.28 bits per heavy atom. The van der Waals surface area contributed by atoms with Gasteiger partial charge in [-0.3, -0.25) is 0 Å². The van der Waals surface area contributed by atoms with Gasteiger partial charge in [-0.05, 0) is 30.7 Å². The molecule has 0 aromatic heterocycles. The summed E-state index contributed by atoms with van der Waals surface area (Å²) in [4.78, 5) is 0. The van der Waals surface area contributed by atoms with Gasteiger partial charge in [0.15, 0.2) is 11.6 Å². The summed E-state index contributed by atoms with van der Waals surface area (Å²) in [6.07, 6.45) is 0.956. The molecule has 0 radical (unpaired) electrons. The number of piperidine rings is 1. The lowest BCUT2D eigenvalue weighted by atomic mass is 9.68. The van der Waals surface area contributed by atoms with E-state index in [-0.39, 0.29) is 5.41 Å². The summed E-state index contributed by atoms with van der Waals surface area (Å²) in [6, 6.07) is 3.82. The molecule has 1 aliphatic rings. The van der Waals surface area contributed by atoms with Gasteiger partial charge in [-0.25, -0.2) is 8.78 Å². The van der Waals surface area contributed by atoms with Crippen LogP contribution in [0, 0.1) is 17.0 Å². The molecule has 0 spiro atoms. The Kier molecular flexibility index (Phi) is 3.43. The van der Waals surface area contributed by atoms with Gasteiger partial charge < -0.3 is 10.4 Å². The normalized spacial score (nSPS) is 27.2. The lowest BCUT2D eigenvalue weighted by Crippen LogP contribution is -2.57. The van der Waals surface area contributed by atoms with Crippen LogP contribution in [0.1, 0.15) is 25.8 Å². The Balaban J connectivity index is 2.23. The third-order valence-electron chi connectivity index (χ3n) is 4.02. The Bertz CT molecular complexity index is 447. The van der Waals surface area contributed by atoms with Crippen molar-refractivity contribution in [1.82, 2.24) is 5.32 Å². The molecule has 0 saturated carbocycles. The fourth-order valence-corrected chi connectivity index (χ4v) is 2.51. The van der Waals surface area contributed by atoms with E-state index in [0.29, 0.717) is 24.9 Å². The maximum atomic E-state index is 13.2. The smallest absolute Gasteiger partial charge is 0.159 e. The van der Waals surface area contributed by atoms with Crippen molar-refractivity contribution in [2.45, 2.75) is 32.3 Å². The van der Waals surface area contributed by atoms with Gasteiger partial charge in [0.25, 0.3) is 0 Å². The van der Waals surface area contributed by atoms with Crippen LogP contribution in [-0.2, 0) is 6.42 Å². The van der Waals surface area contributed by atoms with Crippen LogP contribution in [0.2, 0.25) is 0 Å². The van der Waals surface area contributed by atoms with Gasteiger partial charge in [0.1, 0.15) is 0 Å². The topological polar surface area (TPSA) is 32.3 Å². The molecule has 1 aliphatic heterocycles. The summed E-state index contributed by atoms with van der Waals surface area (Å²) >= 11 is 0. The van der Waals surface area contributed by atoms with E-state index in [2.05, 4.69) is 5.32 Å². The molecular formula is C14H19F2NO. The molecule has 2 nitrogen and oxygen atoms in total. The van der Waals surface area contributed by atoms with Gasteiger partial charge in [-0.15, -0.1) is 0 Å². The molecule has 1 atom stereocenters. The molecule has 0 aliphatic carbocycles. The fourth-order valence-electron chi connectivity index (χ4n) is 2.51. The standard InChI is InChI=1S/C14H19F2NO/c1-13(2)9-17-6-5-14(13,18)8-10-3-4-11(15)12(16)7-10/h3-4,7,17-18H,5-6,8-9H2,1-2H3. The molecule has 0 bridgehead atoms. The van der Waals surface area contributed by atoms with E-state index in [4.69, 9.17) is 0 Å². The van der Waals surface area contributed by atoms with Crippen LogP contribution in [-0.4, -0.2) is 23.8 Å². The summed E-state index contributed by atoms with van der Waals surface area (Å²) in [6.45, 7) is 5.43. The van der Waals surface area contributed by atoms with E-state index in [0.717, 1.165) is 12.6 Å². The first-order chi connectivity index (χ1) is 8.34. The first-order valence-corrected chi connectivity index (χ1v) is 6.21. The number of hydrogen-bond donors (Lipinski definition) is 2. The van der Waals surface area contributed by atoms with Crippen LogP contribution in [0.4, 0.5) is 8.78 Å². The van der Waals surface area contributed by atoms with Crippen LogP contribution in [0.15, 0.2) is 18.2 Å². The number of rotatable bonds is 2. The summed E-state index contributed by atoms with van der Waals surface area (Å²) in [7, 11) is 0. The molecule has 1 fully saturated rings. The van der Waals surface area contributed by atoms with Crippen molar-refractivity contribution in [3.63, 3.8) is 0 Å². The molecule has 1 unspecified atom stereocenters. The predicted molar refractivity (Wildman–Crippen MR) is 66.3 cm³/mol. The van der Waals surface area contributed by atoms with E-state index in [1.165, 1.54) is 12.1 Å². The molecule has 4 heteroatoms. The van der Waals surface area contributed by atoms with Crippen LogP contribution in [0.5, 0.6) is 0 Å². The minimum atomic E-state index is -0.886. The monoisotopic (exact) mass is 255 g/mol. The summed E-state index contributed by atoms with van der Waals surface area (Å²) in [5, 5.41) is 14.0. The number of aliphatic hydroxyl groups is 1. The molecule has 1 saturated heterocycles. The highest BCUT2D eigenvalue weighted by Gasteiger charge is 2.45. The van der Waals surface area contributed by atoms with Gasteiger partial charge >= 0.3 is 0 Å². The molecule has 2 rings (SSSR count). The molecule has 1 heterocycles. The van der Waals surface area contributed by atoms with Crippen molar-refractivity contribution in [3.8, 4) is 0 Å². The first-order valence-electron chi connectivity index (χ1n) is 6.21. The lowest BCUT2D eigenvalue weighted by Gasteiger charge is -2.47. The maximum Gasteiger partial charge on any atom is 0.159 e. The van der Waals surface area contributed by atoms with Crippen molar-refractivity contribution in [2.75, 3.05) is 13.1 Å². The van der Waals surface area contributed by atoms with E-state index in [1.807, 2.05) is 13.8 Å². The number of benzene rings is 1. The zero-order valence-electron chi connectivity index (χ0n) is 10.8. The van der Waals surface area contributed by atoms with Gasteiger partial charge in [-0.1, -0.05) is 19.9 Å². The van der Waals surface area contributed by atoms with Crippen molar-refractivity contribution in [2.24, 2.45) is 5.41 Å². The SMILES string of the molecule is CC1(C)CNCCC1(O)Cc1ccc(F)c(F)c1. The van der Waals surface area contributed by atoms with Crippen molar-refractivity contribution in [3.05, 3.63) is 35.4 Å². The van der Waals surface area contributed by atoms with E-state index >= 15 is 0 Å². The van der Waals surface area contributed by atoms with Crippen LogP contribution < -0.4 is 5.32 Å². The largest absolute Gasteiger partial charge is 0.389 e. The van der Waals surface area contributed by atoms with Gasteiger partial charge in [0, 0.05) is 18.4 Å². The van der Waals surface area contributed by atoms with Crippen molar-refractivity contribution >= 4 is 0 Å². The van der Waals surface area contributed by atoms with Gasteiger partial charge in [-0.2, -0.15) is 0 Å². The van der Waals surface area contributed by atoms with Gasteiger partial charge in [0.05, 0.1) is 5.60 Å². The van der Waals surface area contributed by atoms with Crippen LogP contribution in [0.3, 0.4) is 0 Å². The summed E-state index contributed by atoms with van der Waals surface area (Å²) in [5.74, 6) is -1.71. The Labute approximate surface area is 106 Å². The fraction of sp³-hybridized carbons (Fsp3) is 0.571. The minimum Gasteiger partial charge on any atom is -0.389 e. The highest BCUT2D eigenvalue weighted by atomic mass is 19.2.